The fraction of sp³-hybridized carbons (Fsp3) is 0.917. The molecule has 0 saturated carbocycles. The number of tetrazole rings is 1. The first-order valence-electron chi connectivity index (χ1n) is 6.78. The van der Waals surface area contributed by atoms with Crippen molar-refractivity contribution in [3.05, 3.63) is 5.82 Å². The molecular weight excluding hydrogens is 230 g/mol. The maximum absolute atomic E-state index is 9.85. The highest BCUT2D eigenvalue weighted by atomic mass is 16.3. The van der Waals surface area contributed by atoms with Crippen LogP contribution in [0.1, 0.15) is 51.9 Å². The first-order valence-corrected chi connectivity index (χ1v) is 6.78. The molecule has 2 rings (SSSR count). The molecule has 0 aliphatic carbocycles. The third kappa shape index (κ3) is 2.87. The quantitative estimate of drug-likeness (QED) is 0.866. The van der Waals surface area contributed by atoms with Crippen molar-refractivity contribution in [1.82, 2.24) is 25.1 Å². The van der Waals surface area contributed by atoms with Crippen LogP contribution in [-0.2, 0) is 6.54 Å². The maximum atomic E-state index is 9.85. The molecule has 6 nitrogen and oxygen atoms in total. The van der Waals surface area contributed by atoms with Crippen LogP contribution in [0.3, 0.4) is 0 Å². The van der Waals surface area contributed by atoms with Crippen molar-refractivity contribution in [3.8, 4) is 0 Å². The van der Waals surface area contributed by atoms with Gasteiger partial charge < -0.3 is 5.11 Å². The summed E-state index contributed by atoms with van der Waals surface area (Å²) in [6.45, 7) is 7.75. The third-order valence-electron chi connectivity index (χ3n) is 3.62. The Hall–Kier alpha value is -1.01. The molecule has 0 amide bonds. The van der Waals surface area contributed by atoms with Gasteiger partial charge in [0.1, 0.15) is 0 Å². The van der Waals surface area contributed by atoms with Crippen molar-refractivity contribution in [2.75, 3.05) is 6.54 Å². The molecule has 2 atom stereocenters. The average Bonchev–Trinajstić information content (AvgIpc) is 2.77. The predicted octanol–water partition coefficient (Wildman–Crippen LogP) is 0.989. The second-order valence-corrected chi connectivity index (χ2v) is 5.41. The summed E-state index contributed by atoms with van der Waals surface area (Å²) >= 11 is 0. The normalized spacial score (nSPS) is 23.5. The SMILES string of the molecule is CC(O)C1CCCCN1Cc1nnnn1C(C)C. The number of piperidine rings is 1. The monoisotopic (exact) mass is 253 g/mol. The van der Waals surface area contributed by atoms with E-state index in [2.05, 4.69) is 34.3 Å². The number of aliphatic hydroxyl groups is 1. The summed E-state index contributed by atoms with van der Waals surface area (Å²) in [7, 11) is 0. The molecule has 1 aromatic heterocycles. The van der Waals surface area contributed by atoms with Crippen molar-refractivity contribution in [3.63, 3.8) is 0 Å². The van der Waals surface area contributed by atoms with Gasteiger partial charge in [0, 0.05) is 6.04 Å². The van der Waals surface area contributed by atoms with Gasteiger partial charge in [0.25, 0.3) is 0 Å². The molecule has 1 fully saturated rings. The van der Waals surface area contributed by atoms with E-state index >= 15 is 0 Å². The fourth-order valence-corrected chi connectivity index (χ4v) is 2.66. The highest BCUT2D eigenvalue weighted by molar-refractivity contribution is 4.88. The van der Waals surface area contributed by atoms with Crippen molar-refractivity contribution in [2.24, 2.45) is 0 Å². The minimum absolute atomic E-state index is 0.232. The summed E-state index contributed by atoms with van der Waals surface area (Å²) in [6.07, 6.45) is 3.14. The molecule has 6 heteroatoms. The zero-order valence-corrected chi connectivity index (χ0v) is 11.5. The maximum Gasteiger partial charge on any atom is 0.165 e. The lowest BCUT2D eigenvalue weighted by Crippen LogP contribution is -2.45. The molecular formula is C12H23N5O. The van der Waals surface area contributed by atoms with Gasteiger partial charge in [-0.1, -0.05) is 6.42 Å². The van der Waals surface area contributed by atoms with Crippen molar-refractivity contribution in [1.29, 1.82) is 0 Å². The van der Waals surface area contributed by atoms with Crippen molar-refractivity contribution in [2.45, 2.75) is 64.8 Å². The van der Waals surface area contributed by atoms with Crippen LogP contribution in [0.15, 0.2) is 0 Å². The topological polar surface area (TPSA) is 67.1 Å². The molecule has 102 valence electrons. The lowest BCUT2D eigenvalue weighted by molar-refractivity contribution is 0.0292. The zero-order chi connectivity index (χ0) is 13.1. The number of likely N-dealkylation sites (tertiary alicyclic amines) is 1. The Morgan fingerprint density at radius 1 is 1.33 bits per heavy atom. The summed E-state index contributed by atoms with van der Waals surface area (Å²) in [6, 6.07) is 0.501. The van der Waals surface area contributed by atoms with Crippen molar-refractivity contribution >= 4 is 0 Å². The van der Waals surface area contributed by atoms with E-state index in [-0.39, 0.29) is 18.2 Å². The molecule has 2 heterocycles. The molecule has 0 aromatic carbocycles. The number of aromatic nitrogens is 4. The first kappa shape index (κ1) is 13.4. The van der Waals surface area contributed by atoms with Crippen LogP contribution in [0, 0.1) is 0 Å². The van der Waals surface area contributed by atoms with Crippen LogP contribution in [0.5, 0.6) is 0 Å². The van der Waals surface area contributed by atoms with Gasteiger partial charge in [0.2, 0.25) is 0 Å². The molecule has 0 radical (unpaired) electrons. The van der Waals surface area contributed by atoms with Gasteiger partial charge in [-0.25, -0.2) is 4.68 Å². The molecule has 0 spiro atoms. The Bertz CT molecular complexity index is 376. The number of hydrogen-bond donors (Lipinski definition) is 1. The second-order valence-electron chi connectivity index (χ2n) is 5.41. The lowest BCUT2D eigenvalue weighted by Gasteiger charge is -2.37. The lowest BCUT2D eigenvalue weighted by atomic mass is 9.98. The minimum Gasteiger partial charge on any atom is -0.392 e. The van der Waals surface area contributed by atoms with Crippen LogP contribution in [0.2, 0.25) is 0 Å². The molecule has 2 unspecified atom stereocenters. The van der Waals surface area contributed by atoms with Gasteiger partial charge in [0.05, 0.1) is 18.7 Å². The van der Waals surface area contributed by atoms with Gasteiger partial charge in [-0.3, -0.25) is 4.90 Å². The number of nitrogens with zero attached hydrogens (tertiary/aromatic N) is 5. The largest absolute Gasteiger partial charge is 0.392 e. The van der Waals surface area contributed by atoms with E-state index in [0.29, 0.717) is 0 Å². The molecule has 1 aliphatic rings. The summed E-state index contributed by atoms with van der Waals surface area (Å²) in [5.74, 6) is 0.887. The van der Waals surface area contributed by atoms with Crippen LogP contribution >= 0.6 is 0 Å². The highest BCUT2D eigenvalue weighted by Crippen LogP contribution is 2.21. The summed E-state index contributed by atoms with van der Waals surface area (Å²) in [4.78, 5) is 2.30. The summed E-state index contributed by atoms with van der Waals surface area (Å²) < 4.78 is 1.85. The zero-order valence-electron chi connectivity index (χ0n) is 11.5. The fourth-order valence-electron chi connectivity index (χ4n) is 2.66. The Labute approximate surface area is 108 Å². The molecule has 0 bridgehead atoms. The highest BCUT2D eigenvalue weighted by Gasteiger charge is 2.27. The van der Waals surface area contributed by atoms with Gasteiger partial charge in [0.15, 0.2) is 5.82 Å². The van der Waals surface area contributed by atoms with Gasteiger partial charge >= 0.3 is 0 Å². The van der Waals surface area contributed by atoms with Crippen molar-refractivity contribution < 1.29 is 5.11 Å². The van der Waals surface area contributed by atoms with E-state index in [9.17, 15) is 5.11 Å². The van der Waals surface area contributed by atoms with Crippen LogP contribution in [-0.4, -0.2) is 48.9 Å². The Kier molecular flexibility index (Phi) is 4.29. The van der Waals surface area contributed by atoms with E-state index in [0.717, 1.165) is 25.3 Å². The predicted molar refractivity (Wildman–Crippen MR) is 67.9 cm³/mol. The number of rotatable bonds is 4. The summed E-state index contributed by atoms with van der Waals surface area (Å²) in [5.41, 5.74) is 0. The smallest absolute Gasteiger partial charge is 0.165 e. The minimum atomic E-state index is -0.298. The molecule has 1 saturated heterocycles. The Morgan fingerprint density at radius 3 is 2.78 bits per heavy atom. The number of hydrogen-bond acceptors (Lipinski definition) is 5. The molecule has 1 N–H and O–H groups in total. The Morgan fingerprint density at radius 2 is 2.11 bits per heavy atom. The number of aliphatic hydroxyl groups excluding tert-OH is 1. The van der Waals surface area contributed by atoms with Crippen LogP contribution < -0.4 is 0 Å². The van der Waals surface area contributed by atoms with Gasteiger partial charge in [-0.15, -0.1) is 5.10 Å². The molecule has 1 aliphatic heterocycles. The molecule has 1 aromatic rings. The third-order valence-corrected chi connectivity index (χ3v) is 3.62. The second kappa shape index (κ2) is 5.75. The van der Waals surface area contributed by atoms with E-state index in [1.54, 1.807) is 0 Å². The van der Waals surface area contributed by atoms with E-state index < -0.39 is 0 Å². The molecule has 18 heavy (non-hydrogen) atoms. The summed E-state index contributed by atoms with van der Waals surface area (Å²) in [5, 5.41) is 21.7. The van der Waals surface area contributed by atoms with Gasteiger partial charge in [-0.05, 0) is 50.6 Å². The van der Waals surface area contributed by atoms with E-state index in [1.165, 1.54) is 12.8 Å². The Balaban J connectivity index is 2.08. The van der Waals surface area contributed by atoms with Crippen LogP contribution in [0.4, 0.5) is 0 Å². The van der Waals surface area contributed by atoms with E-state index in [1.807, 2.05) is 11.6 Å². The van der Waals surface area contributed by atoms with Gasteiger partial charge in [-0.2, -0.15) is 0 Å². The first-order chi connectivity index (χ1) is 8.59. The standard InChI is InChI=1S/C12H23N5O/c1-9(2)17-12(13-14-15-17)8-16-7-5-4-6-11(16)10(3)18/h9-11,18H,4-8H2,1-3H3. The van der Waals surface area contributed by atoms with E-state index in [4.69, 9.17) is 0 Å². The van der Waals surface area contributed by atoms with Crippen LogP contribution in [0.25, 0.3) is 0 Å². The average molecular weight is 253 g/mol.